The van der Waals surface area contributed by atoms with Gasteiger partial charge < -0.3 is 15.3 Å². The van der Waals surface area contributed by atoms with Crippen molar-refractivity contribution in [3.63, 3.8) is 0 Å². The van der Waals surface area contributed by atoms with E-state index in [0.29, 0.717) is 12.1 Å². The van der Waals surface area contributed by atoms with Crippen LogP contribution in [0.4, 0.5) is 0 Å². The standard InChI is InChI=1S/C14H19NO4/c1-8-5-6-15(13(8)14(18)19)9(2)11-7-10(16)3-4-12(11)17/h3-4,7-9,13,16-17H,5-6H2,1-2H3,(H,18,19). The largest absolute Gasteiger partial charge is 0.508 e. The molecule has 1 saturated heterocycles. The lowest BCUT2D eigenvalue weighted by molar-refractivity contribution is -0.144. The van der Waals surface area contributed by atoms with Crippen LogP contribution in [0.25, 0.3) is 0 Å². The van der Waals surface area contributed by atoms with E-state index >= 15 is 0 Å². The van der Waals surface area contributed by atoms with E-state index in [-0.39, 0.29) is 23.5 Å². The molecule has 0 amide bonds. The molecule has 5 heteroatoms. The third-order valence-electron chi connectivity index (χ3n) is 3.95. The van der Waals surface area contributed by atoms with Crippen LogP contribution in [0.2, 0.25) is 0 Å². The van der Waals surface area contributed by atoms with Gasteiger partial charge in [-0.15, -0.1) is 0 Å². The van der Waals surface area contributed by atoms with Gasteiger partial charge in [-0.25, -0.2) is 0 Å². The van der Waals surface area contributed by atoms with Gasteiger partial charge in [-0.2, -0.15) is 0 Å². The van der Waals surface area contributed by atoms with Crippen LogP contribution in [0.5, 0.6) is 11.5 Å². The SMILES string of the molecule is CC1CCN(C(C)c2cc(O)ccc2O)C1C(=O)O. The first kappa shape index (κ1) is 13.7. The maximum Gasteiger partial charge on any atom is 0.321 e. The maximum absolute atomic E-state index is 11.4. The van der Waals surface area contributed by atoms with Crippen molar-refractivity contribution in [3.05, 3.63) is 23.8 Å². The van der Waals surface area contributed by atoms with Crippen molar-refractivity contribution in [3.8, 4) is 11.5 Å². The molecule has 0 aromatic heterocycles. The van der Waals surface area contributed by atoms with Gasteiger partial charge >= 0.3 is 5.97 Å². The van der Waals surface area contributed by atoms with E-state index in [4.69, 9.17) is 0 Å². The monoisotopic (exact) mass is 265 g/mol. The van der Waals surface area contributed by atoms with Gasteiger partial charge in [0.1, 0.15) is 17.5 Å². The number of phenols is 2. The Morgan fingerprint density at radius 1 is 1.42 bits per heavy atom. The van der Waals surface area contributed by atoms with Crippen LogP contribution < -0.4 is 0 Å². The molecule has 0 bridgehead atoms. The molecule has 2 rings (SSSR count). The number of aromatic hydroxyl groups is 2. The first-order chi connectivity index (χ1) is 8.91. The second-order valence-corrected chi connectivity index (χ2v) is 5.21. The highest BCUT2D eigenvalue weighted by molar-refractivity contribution is 5.74. The number of hydrogen-bond acceptors (Lipinski definition) is 4. The quantitative estimate of drug-likeness (QED) is 0.728. The van der Waals surface area contributed by atoms with Crippen molar-refractivity contribution < 1.29 is 20.1 Å². The fraction of sp³-hybridized carbons (Fsp3) is 0.500. The smallest absolute Gasteiger partial charge is 0.321 e. The minimum atomic E-state index is -0.837. The summed E-state index contributed by atoms with van der Waals surface area (Å²) >= 11 is 0. The van der Waals surface area contributed by atoms with Gasteiger partial charge in [-0.05, 0) is 44.0 Å². The minimum Gasteiger partial charge on any atom is -0.508 e. The summed E-state index contributed by atoms with van der Waals surface area (Å²) in [4.78, 5) is 13.2. The fourth-order valence-corrected chi connectivity index (χ4v) is 2.85. The number of nitrogens with zero attached hydrogens (tertiary/aromatic N) is 1. The molecule has 1 aromatic rings. The lowest BCUT2D eigenvalue weighted by atomic mass is 10.0. The van der Waals surface area contributed by atoms with Gasteiger partial charge in [-0.1, -0.05) is 6.92 Å². The van der Waals surface area contributed by atoms with Crippen molar-refractivity contribution in [2.75, 3.05) is 6.54 Å². The second-order valence-electron chi connectivity index (χ2n) is 5.21. The zero-order valence-corrected chi connectivity index (χ0v) is 11.1. The molecule has 1 fully saturated rings. The van der Waals surface area contributed by atoms with Gasteiger partial charge in [0, 0.05) is 11.6 Å². The molecular weight excluding hydrogens is 246 g/mol. The summed E-state index contributed by atoms with van der Waals surface area (Å²) in [6.07, 6.45) is 0.820. The van der Waals surface area contributed by atoms with Crippen LogP contribution in [0.1, 0.15) is 31.9 Å². The van der Waals surface area contributed by atoms with Gasteiger partial charge in [0.05, 0.1) is 0 Å². The van der Waals surface area contributed by atoms with Crippen molar-refractivity contribution in [1.29, 1.82) is 0 Å². The minimum absolute atomic E-state index is 0.0683. The van der Waals surface area contributed by atoms with E-state index in [2.05, 4.69) is 0 Å². The summed E-state index contributed by atoms with van der Waals surface area (Å²) in [5.41, 5.74) is 0.556. The summed E-state index contributed by atoms with van der Waals surface area (Å²) in [5.74, 6) is -0.608. The Morgan fingerprint density at radius 2 is 2.11 bits per heavy atom. The Hall–Kier alpha value is -1.75. The van der Waals surface area contributed by atoms with Crippen molar-refractivity contribution in [2.24, 2.45) is 5.92 Å². The highest BCUT2D eigenvalue weighted by Crippen LogP contribution is 2.37. The summed E-state index contributed by atoms with van der Waals surface area (Å²) in [5, 5.41) is 28.7. The van der Waals surface area contributed by atoms with E-state index < -0.39 is 12.0 Å². The van der Waals surface area contributed by atoms with Gasteiger partial charge in [0.25, 0.3) is 0 Å². The molecule has 1 aliphatic rings. The van der Waals surface area contributed by atoms with Crippen LogP contribution >= 0.6 is 0 Å². The third kappa shape index (κ3) is 2.51. The summed E-state index contributed by atoms with van der Waals surface area (Å²) < 4.78 is 0. The molecule has 0 radical (unpaired) electrons. The van der Waals surface area contributed by atoms with Crippen LogP contribution in [0, 0.1) is 5.92 Å². The lowest BCUT2D eigenvalue weighted by Crippen LogP contribution is -2.40. The summed E-state index contributed by atoms with van der Waals surface area (Å²) in [7, 11) is 0. The van der Waals surface area contributed by atoms with Crippen LogP contribution in [-0.2, 0) is 4.79 Å². The Morgan fingerprint density at radius 3 is 2.74 bits per heavy atom. The predicted octanol–water partition coefficient (Wildman–Crippen LogP) is 1.95. The van der Waals surface area contributed by atoms with Crippen LogP contribution in [0.3, 0.4) is 0 Å². The Bertz CT molecular complexity index is 488. The summed E-state index contributed by atoms with van der Waals surface area (Å²) in [6.45, 7) is 4.45. The first-order valence-electron chi connectivity index (χ1n) is 6.42. The molecule has 19 heavy (non-hydrogen) atoms. The Balaban J connectivity index is 2.30. The third-order valence-corrected chi connectivity index (χ3v) is 3.95. The number of carbonyl (C=O) groups is 1. The Kier molecular flexibility index (Phi) is 3.66. The molecule has 0 saturated carbocycles. The molecular formula is C14H19NO4. The number of hydrogen-bond donors (Lipinski definition) is 3. The van der Waals surface area contributed by atoms with E-state index in [1.807, 2.05) is 18.7 Å². The summed E-state index contributed by atoms with van der Waals surface area (Å²) in [6, 6.07) is 3.53. The molecule has 3 atom stereocenters. The molecule has 0 aliphatic carbocycles. The van der Waals surface area contributed by atoms with Gasteiger partial charge in [0.2, 0.25) is 0 Å². The van der Waals surface area contributed by atoms with E-state index in [1.165, 1.54) is 18.2 Å². The number of rotatable bonds is 3. The van der Waals surface area contributed by atoms with E-state index in [0.717, 1.165) is 6.42 Å². The van der Waals surface area contributed by atoms with Crippen molar-refractivity contribution in [2.45, 2.75) is 32.4 Å². The van der Waals surface area contributed by atoms with E-state index in [9.17, 15) is 20.1 Å². The van der Waals surface area contributed by atoms with E-state index in [1.54, 1.807) is 0 Å². The number of benzene rings is 1. The lowest BCUT2D eigenvalue weighted by Gasteiger charge is -2.30. The molecule has 5 nitrogen and oxygen atoms in total. The zero-order chi connectivity index (χ0) is 14.2. The van der Waals surface area contributed by atoms with Crippen molar-refractivity contribution in [1.82, 2.24) is 4.90 Å². The number of likely N-dealkylation sites (tertiary alicyclic amines) is 1. The topological polar surface area (TPSA) is 81.0 Å². The highest BCUT2D eigenvalue weighted by Gasteiger charge is 2.39. The molecule has 1 aromatic carbocycles. The molecule has 0 spiro atoms. The first-order valence-corrected chi connectivity index (χ1v) is 6.42. The Labute approximate surface area is 112 Å². The van der Waals surface area contributed by atoms with Crippen molar-refractivity contribution >= 4 is 5.97 Å². The average Bonchev–Trinajstić information content (AvgIpc) is 2.73. The highest BCUT2D eigenvalue weighted by atomic mass is 16.4. The molecule has 3 N–H and O–H groups in total. The molecule has 1 aliphatic heterocycles. The maximum atomic E-state index is 11.4. The van der Waals surface area contributed by atoms with Gasteiger partial charge in [0.15, 0.2) is 0 Å². The normalized spacial score (nSPS) is 25.4. The van der Waals surface area contributed by atoms with Crippen LogP contribution in [-0.4, -0.2) is 38.8 Å². The number of carboxylic acid groups (broad SMARTS) is 1. The average molecular weight is 265 g/mol. The number of phenolic OH excluding ortho intramolecular Hbond substituents is 2. The van der Waals surface area contributed by atoms with Gasteiger partial charge in [-0.3, -0.25) is 9.69 Å². The zero-order valence-electron chi connectivity index (χ0n) is 11.1. The molecule has 104 valence electrons. The number of carboxylic acids is 1. The molecule has 3 unspecified atom stereocenters. The van der Waals surface area contributed by atoms with Crippen LogP contribution in [0.15, 0.2) is 18.2 Å². The molecule has 1 heterocycles. The predicted molar refractivity (Wildman–Crippen MR) is 70.1 cm³/mol. The number of aliphatic carboxylic acids is 1. The fourth-order valence-electron chi connectivity index (χ4n) is 2.85. The second kappa shape index (κ2) is 5.09.